The summed E-state index contributed by atoms with van der Waals surface area (Å²) >= 11 is 0. The minimum absolute atomic E-state index is 0.0622. The minimum Gasteiger partial charge on any atom is -0.472 e. The van der Waals surface area contributed by atoms with E-state index in [-0.39, 0.29) is 35.1 Å². The van der Waals surface area contributed by atoms with Crippen LogP contribution in [0.3, 0.4) is 0 Å². The lowest BCUT2D eigenvalue weighted by Gasteiger charge is -2.17. The van der Waals surface area contributed by atoms with E-state index in [4.69, 9.17) is 4.42 Å². The normalized spacial score (nSPS) is 15.7. The summed E-state index contributed by atoms with van der Waals surface area (Å²) in [4.78, 5) is 34.3. The van der Waals surface area contributed by atoms with E-state index in [0.717, 1.165) is 11.6 Å². The number of hydrogen-bond acceptors (Lipinski definition) is 5. The van der Waals surface area contributed by atoms with Gasteiger partial charge in [-0.2, -0.15) is 13.2 Å². The number of imidazole rings is 1. The van der Waals surface area contributed by atoms with Crippen LogP contribution in [0.5, 0.6) is 0 Å². The van der Waals surface area contributed by atoms with Gasteiger partial charge in [-0.3, -0.25) is 9.59 Å². The smallest absolute Gasteiger partial charge is 0.420 e. The largest absolute Gasteiger partial charge is 0.472 e. The SMILES string of the molecule is CN(C)CCNC(=O)Cc1c(C(=O)N2CCC(c3ccc(F)cc3)C2)nc2c(C(F)(F)F)cc(-c3ccoc3)cn12. The van der Waals surface area contributed by atoms with Gasteiger partial charge in [-0.05, 0) is 50.3 Å². The van der Waals surface area contributed by atoms with Crippen molar-refractivity contribution in [3.8, 4) is 11.1 Å². The second-order valence-electron chi connectivity index (χ2n) is 10.4. The maximum absolute atomic E-state index is 14.3. The Balaban J connectivity index is 1.55. The Labute approximate surface area is 233 Å². The van der Waals surface area contributed by atoms with Gasteiger partial charge in [-0.25, -0.2) is 9.37 Å². The number of aromatic nitrogens is 2. The van der Waals surface area contributed by atoms with Crippen molar-refractivity contribution in [2.24, 2.45) is 0 Å². The lowest BCUT2D eigenvalue weighted by Crippen LogP contribution is -2.34. The molecule has 2 amide bonds. The molecular weight excluding hydrogens is 542 g/mol. The van der Waals surface area contributed by atoms with Gasteiger partial charge in [0.15, 0.2) is 5.69 Å². The molecule has 1 aliphatic heterocycles. The number of carbonyl (C=O) groups is 2. The summed E-state index contributed by atoms with van der Waals surface area (Å²) in [6.45, 7) is 1.52. The van der Waals surface area contributed by atoms with E-state index in [1.807, 2.05) is 19.0 Å². The lowest BCUT2D eigenvalue weighted by atomic mass is 9.99. The van der Waals surface area contributed by atoms with Crippen LogP contribution >= 0.6 is 0 Å². The van der Waals surface area contributed by atoms with E-state index >= 15 is 0 Å². The number of rotatable bonds is 8. The van der Waals surface area contributed by atoms with Crippen LogP contribution in [0.4, 0.5) is 17.6 Å². The zero-order chi connectivity index (χ0) is 29.3. The summed E-state index contributed by atoms with van der Waals surface area (Å²) in [5.74, 6) is -1.44. The second kappa shape index (κ2) is 11.4. The van der Waals surface area contributed by atoms with Gasteiger partial charge in [-0.1, -0.05) is 12.1 Å². The van der Waals surface area contributed by atoms with Crippen LogP contribution in [-0.4, -0.2) is 71.3 Å². The number of pyridine rings is 1. The summed E-state index contributed by atoms with van der Waals surface area (Å²) in [5.41, 5.74) is -0.172. The first-order valence-electron chi connectivity index (χ1n) is 13.1. The topological polar surface area (TPSA) is 83.1 Å². The van der Waals surface area contributed by atoms with Gasteiger partial charge in [0.25, 0.3) is 5.91 Å². The molecule has 1 atom stereocenters. The van der Waals surface area contributed by atoms with Gasteiger partial charge < -0.3 is 23.9 Å². The number of likely N-dealkylation sites (tertiary alicyclic amines) is 1. The summed E-state index contributed by atoms with van der Waals surface area (Å²) in [6, 6.07) is 8.52. The van der Waals surface area contributed by atoms with Gasteiger partial charge in [0.1, 0.15) is 11.5 Å². The van der Waals surface area contributed by atoms with Gasteiger partial charge >= 0.3 is 6.18 Å². The average Bonchev–Trinajstić information content (AvgIpc) is 3.68. The van der Waals surface area contributed by atoms with Crippen LogP contribution in [-0.2, 0) is 17.4 Å². The first-order chi connectivity index (χ1) is 19.5. The van der Waals surface area contributed by atoms with E-state index < -0.39 is 29.2 Å². The summed E-state index contributed by atoms with van der Waals surface area (Å²) in [5, 5.41) is 2.76. The van der Waals surface area contributed by atoms with Gasteiger partial charge in [-0.15, -0.1) is 0 Å². The molecular formula is C29H29F4N5O3. The van der Waals surface area contributed by atoms with E-state index in [1.54, 1.807) is 12.1 Å². The molecule has 41 heavy (non-hydrogen) atoms. The summed E-state index contributed by atoms with van der Waals surface area (Å²) in [7, 11) is 3.69. The number of fused-ring (bicyclic) bond motifs is 1. The van der Waals surface area contributed by atoms with Crippen molar-refractivity contribution in [1.29, 1.82) is 0 Å². The highest BCUT2D eigenvalue weighted by Gasteiger charge is 2.38. The highest BCUT2D eigenvalue weighted by molar-refractivity contribution is 5.96. The van der Waals surface area contributed by atoms with E-state index in [0.29, 0.717) is 38.2 Å². The van der Waals surface area contributed by atoms with Crippen LogP contribution in [0.1, 0.15) is 39.6 Å². The highest BCUT2D eigenvalue weighted by atomic mass is 19.4. The fourth-order valence-electron chi connectivity index (χ4n) is 5.06. The maximum Gasteiger partial charge on any atom is 0.420 e. The Morgan fingerprint density at radius 1 is 1.15 bits per heavy atom. The third-order valence-electron chi connectivity index (χ3n) is 7.21. The number of nitrogens with zero attached hydrogens (tertiary/aromatic N) is 4. The lowest BCUT2D eigenvalue weighted by molar-refractivity contribution is -0.136. The highest BCUT2D eigenvalue weighted by Crippen LogP contribution is 2.37. The van der Waals surface area contributed by atoms with Crippen molar-refractivity contribution in [3.05, 3.63) is 83.5 Å². The Hall–Kier alpha value is -4.19. The molecule has 0 radical (unpaired) electrons. The molecule has 0 spiro atoms. The molecule has 4 aromatic rings. The van der Waals surface area contributed by atoms with Crippen LogP contribution < -0.4 is 5.32 Å². The van der Waals surface area contributed by atoms with Crippen LogP contribution in [0.2, 0.25) is 0 Å². The zero-order valence-corrected chi connectivity index (χ0v) is 22.5. The molecule has 0 aliphatic carbocycles. The number of nitrogens with one attached hydrogen (secondary N) is 1. The fraction of sp³-hybridized carbons (Fsp3) is 0.345. The molecule has 1 unspecified atom stereocenters. The van der Waals surface area contributed by atoms with Crippen molar-refractivity contribution in [2.75, 3.05) is 40.3 Å². The van der Waals surface area contributed by atoms with Gasteiger partial charge in [0.05, 0.1) is 30.2 Å². The molecule has 1 aliphatic rings. The Morgan fingerprint density at radius 3 is 2.56 bits per heavy atom. The van der Waals surface area contributed by atoms with Crippen molar-refractivity contribution >= 4 is 17.5 Å². The van der Waals surface area contributed by atoms with Crippen LogP contribution in [0.15, 0.2) is 59.5 Å². The number of benzene rings is 1. The van der Waals surface area contributed by atoms with E-state index in [2.05, 4.69) is 10.3 Å². The van der Waals surface area contributed by atoms with Crippen molar-refractivity contribution in [1.82, 2.24) is 24.5 Å². The molecule has 0 bridgehead atoms. The molecule has 4 heterocycles. The molecule has 216 valence electrons. The molecule has 8 nitrogen and oxygen atoms in total. The minimum atomic E-state index is -4.78. The number of likely N-dealkylation sites (N-methyl/N-ethyl adjacent to an activating group) is 1. The quantitative estimate of drug-likeness (QED) is 0.313. The zero-order valence-electron chi connectivity index (χ0n) is 22.5. The first-order valence-corrected chi connectivity index (χ1v) is 13.1. The molecule has 1 fully saturated rings. The van der Waals surface area contributed by atoms with Crippen molar-refractivity contribution in [3.63, 3.8) is 0 Å². The third-order valence-corrected chi connectivity index (χ3v) is 7.21. The Morgan fingerprint density at radius 2 is 1.90 bits per heavy atom. The fourth-order valence-corrected chi connectivity index (χ4v) is 5.06. The number of carbonyl (C=O) groups excluding carboxylic acids is 2. The molecule has 5 rings (SSSR count). The first kappa shape index (κ1) is 28.3. The molecule has 1 N–H and O–H groups in total. The van der Waals surface area contributed by atoms with Crippen molar-refractivity contribution in [2.45, 2.75) is 24.9 Å². The number of alkyl halides is 3. The third kappa shape index (κ3) is 6.12. The molecule has 1 saturated heterocycles. The van der Waals surface area contributed by atoms with Gasteiger partial charge in [0.2, 0.25) is 5.91 Å². The maximum atomic E-state index is 14.3. The number of halogens is 4. The van der Waals surface area contributed by atoms with Crippen LogP contribution in [0.25, 0.3) is 16.8 Å². The monoisotopic (exact) mass is 571 g/mol. The average molecular weight is 572 g/mol. The van der Waals surface area contributed by atoms with Crippen LogP contribution in [0, 0.1) is 5.82 Å². The molecule has 12 heteroatoms. The predicted octanol–water partition coefficient (Wildman–Crippen LogP) is 4.60. The summed E-state index contributed by atoms with van der Waals surface area (Å²) in [6.07, 6.45) is -0.426. The van der Waals surface area contributed by atoms with Gasteiger partial charge in [0, 0.05) is 49.4 Å². The standard InChI is InChI=1S/C29H29F4N5O3/c1-36(2)11-9-34-25(39)14-24-26(28(40)37-10-7-19(15-37)18-3-5-22(30)6-4-18)35-27-23(29(31,32)33)13-21(16-38(24)27)20-8-12-41-17-20/h3-6,8,12-13,16-17,19H,7,9-11,14-15H2,1-2H3,(H,34,39). The van der Waals surface area contributed by atoms with Crippen molar-refractivity contribution < 1.29 is 31.6 Å². The summed E-state index contributed by atoms with van der Waals surface area (Å²) < 4.78 is 62.5. The Bertz CT molecular complexity index is 1550. The molecule has 0 saturated carbocycles. The number of amides is 2. The number of furan rings is 1. The molecule has 1 aromatic carbocycles. The second-order valence-corrected chi connectivity index (χ2v) is 10.4. The number of hydrogen-bond donors (Lipinski definition) is 1. The predicted molar refractivity (Wildman–Crippen MR) is 143 cm³/mol. The van der Waals surface area contributed by atoms with E-state index in [1.165, 1.54) is 46.2 Å². The Kier molecular flexibility index (Phi) is 7.85. The molecule has 3 aromatic heterocycles. The van der Waals surface area contributed by atoms with E-state index in [9.17, 15) is 27.2 Å².